The van der Waals surface area contributed by atoms with Crippen molar-refractivity contribution in [1.82, 2.24) is 9.88 Å². The smallest absolute Gasteiger partial charge is 0.412 e. The van der Waals surface area contributed by atoms with Gasteiger partial charge in [0, 0.05) is 36.2 Å². The van der Waals surface area contributed by atoms with E-state index in [-0.39, 0.29) is 30.3 Å². The summed E-state index contributed by atoms with van der Waals surface area (Å²) in [5.74, 6) is -2.78. The van der Waals surface area contributed by atoms with E-state index in [1.807, 2.05) is 30.3 Å². The highest BCUT2D eigenvalue weighted by atomic mass is 35.5. The third-order valence-electron chi connectivity index (χ3n) is 6.52. The summed E-state index contributed by atoms with van der Waals surface area (Å²) < 4.78 is 20.4. The van der Waals surface area contributed by atoms with E-state index in [1.165, 1.54) is 0 Å². The minimum atomic E-state index is -1.31. The second-order valence-corrected chi connectivity index (χ2v) is 9.39. The van der Waals surface area contributed by atoms with Gasteiger partial charge in [0.1, 0.15) is 6.04 Å². The van der Waals surface area contributed by atoms with E-state index in [1.54, 1.807) is 23.1 Å². The molecule has 190 valence electrons. The summed E-state index contributed by atoms with van der Waals surface area (Å²) in [7, 11) is 0. The first-order valence-electron chi connectivity index (χ1n) is 11.5. The first kappa shape index (κ1) is 24.5. The van der Waals surface area contributed by atoms with E-state index in [9.17, 15) is 18.8 Å². The summed E-state index contributed by atoms with van der Waals surface area (Å²) in [4.78, 5) is 42.7. The Balaban J connectivity index is 1.43. The van der Waals surface area contributed by atoms with Crippen molar-refractivity contribution in [1.29, 1.82) is 0 Å². The van der Waals surface area contributed by atoms with Gasteiger partial charge in [-0.25, -0.2) is 19.0 Å². The molecule has 2 aromatic carbocycles. The number of nitrogens with one attached hydrogen (secondary N) is 2. The van der Waals surface area contributed by atoms with Gasteiger partial charge in [-0.1, -0.05) is 41.9 Å². The van der Waals surface area contributed by atoms with Gasteiger partial charge in [-0.2, -0.15) is 0 Å². The van der Waals surface area contributed by atoms with Crippen LogP contribution in [0.2, 0.25) is 5.02 Å². The molecule has 0 radical (unpaired) electrons. The molecular weight excluding hydrogens is 503 g/mol. The number of carbonyl (C=O) groups is 3. The Morgan fingerprint density at radius 1 is 1.24 bits per heavy atom. The number of aromatic nitrogens is 1. The van der Waals surface area contributed by atoms with Crippen molar-refractivity contribution in [3.05, 3.63) is 88.3 Å². The van der Waals surface area contributed by atoms with Gasteiger partial charge < -0.3 is 20.1 Å². The first-order valence-corrected chi connectivity index (χ1v) is 11.9. The summed E-state index contributed by atoms with van der Waals surface area (Å²) in [6.07, 6.45) is 0.983. The summed E-state index contributed by atoms with van der Waals surface area (Å²) in [6, 6.07) is 14.2. The third kappa shape index (κ3) is 4.92. The van der Waals surface area contributed by atoms with E-state index in [2.05, 4.69) is 15.6 Å². The number of anilines is 2. The summed E-state index contributed by atoms with van der Waals surface area (Å²) in [5.41, 5.74) is 0.705. The minimum absolute atomic E-state index is 0.0907. The number of rotatable bonds is 6. The van der Waals surface area contributed by atoms with Gasteiger partial charge in [0.2, 0.25) is 5.91 Å². The lowest BCUT2D eigenvalue weighted by Crippen LogP contribution is -2.47. The molecule has 2 atom stereocenters. The van der Waals surface area contributed by atoms with Gasteiger partial charge in [0.15, 0.2) is 17.2 Å². The molecule has 0 unspecified atom stereocenters. The molecule has 1 aromatic heterocycles. The molecule has 0 bridgehead atoms. The van der Waals surface area contributed by atoms with E-state index in [4.69, 9.17) is 21.4 Å². The molecule has 2 aliphatic rings. The van der Waals surface area contributed by atoms with Crippen LogP contribution in [0.5, 0.6) is 0 Å². The van der Waals surface area contributed by atoms with Crippen LogP contribution in [0.3, 0.4) is 0 Å². The molecule has 0 aliphatic carbocycles. The Kier molecular flexibility index (Phi) is 6.43. The predicted octanol–water partition coefficient (Wildman–Crippen LogP) is 4.29. The molecule has 1 spiro atoms. The summed E-state index contributed by atoms with van der Waals surface area (Å²) >= 11 is 6.21. The number of ether oxygens (including phenoxy) is 1. The lowest BCUT2D eigenvalue weighted by molar-refractivity contribution is -0.132. The van der Waals surface area contributed by atoms with Crippen molar-refractivity contribution >= 4 is 41.1 Å². The number of aromatic carboxylic acids is 1. The Hall–Kier alpha value is -4.18. The van der Waals surface area contributed by atoms with E-state index in [0.717, 1.165) is 17.8 Å². The Bertz CT molecular complexity index is 1390. The number of carbonyl (C=O) groups excluding carboxylic acids is 2. The highest BCUT2D eigenvalue weighted by Crippen LogP contribution is 2.44. The largest absolute Gasteiger partial charge is 0.478 e. The maximum absolute atomic E-state index is 14.7. The quantitative estimate of drug-likeness (QED) is 0.440. The van der Waals surface area contributed by atoms with E-state index < -0.39 is 29.5 Å². The molecule has 2 aliphatic heterocycles. The molecule has 9 nitrogen and oxygen atoms in total. The molecule has 37 heavy (non-hydrogen) atoms. The van der Waals surface area contributed by atoms with Crippen LogP contribution in [0.1, 0.15) is 27.9 Å². The zero-order valence-electron chi connectivity index (χ0n) is 19.4. The Labute approximate surface area is 216 Å². The number of likely N-dealkylation sites (tertiary alicyclic amines) is 1. The second-order valence-electron chi connectivity index (χ2n) is 8.95. The number of halogens is 2. The predicted molar refractivity (Wildman–Crippen MR) is 133 cm³/mol. The zero-order valence-corrected chi connectivity index (χ0v) is 20.2. The van der Waals surface area contributed by atoms with Crippen molar-refractivity contribution in [2.24, 2.45) is 0 Å². The van der Waals surface area contributed by atoms with Crippen molar-refractivity contribution in [3.8, 4) is 0 Å². The van der Waals surface area contributed by atoms with Gasteiger partial charge in [0.05, 0.1) is 17.8 Å². The topological polar surface area (TPSA) is 121 Å². The van der Waals surface area contributed by atoms with Crippen molar-refractivity contribution in [2.75, 3.05) is 23.7 Å². The summed E-state index contributed by atoms with van der Waals surface area (Å²) in [5, 5.41) is 15.1. The number of hydrogen-bond donors (Lipinski definition) is 3. The van der Waals surface area contributed by atoms with Crippen LogP contribution in [0.4, 0.5) is 20.7 Å². The average molecular weight is 525 g/mol. The van der Waals surface area contributed by atoms with Crippen molar-refractivity contribution in [3.63, 3.8) is 0 Å². The highest BCUT2D eigenvalue weighted by molar-refractivity contribution is 6.30. The lowest BCUT2D eigenvalue weighted by atomic mass is 9.90. The fourth-order valence-electron chi connectivity index (χ4n) is 4.74. The molecule has 3 aromatic rings. The van der Waals surface area contributed by atoms with Gasteiger partial charge in [0.25, 0.3) is 0 Å². The molecule has 1 fully saturated rings. The fourth-order valence-corrected chi connectivity index (χ4v) is 4.91. The van der Waals surface area contributed by atoms with Crippen LogP contribution < -0.4 is 10.6 Å². The molecule has 5 rings (SSSR count). The number of amides is 2. The Morgan fingerprint density at radius 2 is 2.03 bits per heavy atom. The molecular formula is C26H22ClFN4O5. The molecule has 2 amide bonds. The number of fused-ring (bicyclic) bond motifs is 2. The number of carboxylic acid groups (broad SMARTS) is 1. The van der Waals surface area contributed by atoms with Gasteiger partial charge in [-0.3, -0.25) is 10.1 Å². The summed E-state index contributed by atoms with van der Waals surface area (Å²) in [6.45, 7) is 0.381. The van der Waals surface area contributed by atoms with Crippen molar-refractivity contribution in [2.45, 2.75) is 24.5 Å². The second kappa shape index (κ2) is 9.70. The monoisotopic (exact) mass is 524 g/mol. The van der Waals surface area contributed by atoms with Crippen molar-refractivity contribution < 1.29 is 28.6 Å². The number of benzene rings is 2. The molecule has 3 heterocycles. The molecule has 3 N–H and O–H groups in total. The standard InChI is InChI=1S/C26H22ClFN4O5/c27-17-6-7-20-18(12-17)26(37-25(36)31-20)8-9-32(14-26)23(33)21(10-15-4-2-1-3-5-15)30-22-19(28)11-16(13-29-22)24(34)35/h1-7,11-13,21H,8-10,14H2,(H,29,30)(H,31,36)(H,34,35)/t21-,26-/m0/s1. The number of hydrogen-bond acceptors (Lipinski definition) is 6. The minimum Gasteiger partial charge on any atom is -0.478 e. The van der Waals surface area contributed by atoms with Crippen LogP contribution >= 0.6 is 11.6 Å². The molecule has 0 saturated carbocycles. The molecule has 11 heteroatoms. The normalized spacial score (nSPS) is 19.1. The van der Waals surface area contributed by atoms with Crippen LogP contribution in [-0.2, 0) is 21.6 Å². The number of pyridine rings is 1. The van der Waals surface area contributed by atoms with Crippen LogP contribution in [0, 0.1) is 5.82 Å². The van der Waals surface area contributed by atoms with Crippen LogP contribution in [-0.4, -0.2) is 52.1 Å². The van der Waals surface area contributed by atoms with E-state index in [0.29, 0.717) is 29.2 Å². The fraction of sp³-hybridized carbons (Fsp3) is 0.231. The van der Waals surface area contributed by atoms with Crippen LogP contribution in [0.15, 0.2) is 60.8 Å². The highest BCUT2D eigenvalue weighted by Gasteiger charge is 2.49. The maximum atomic E-state index is 14.7. The van der Waals surface area contributed by atoms with Gasteiger partial charge in [-0.05, 0) is 29.8 Å². The Morgan fingerprint density at radius 3 is 2.76 bits per heavy atom. The number of nitrogens with zero attached hydrogens (tertiary/aromatic N) is 2. The van der Waals surface area contributed by atoms with Crippen LogP contribution in [0.25, 0.3) is 0 Å². The van der Waals surface area contributed by atoms with Gasteiger partial charge in [-0.15, -0.1) is 0 Å². The first-order chi connectivity index (χ1) is 17.7. The zero-order chi connectivity index (χ0) is 26.2. The van der Waals surface area contributed by atoms with E-state index >= 15 is 0 Å². The van der Waals surface area contributed by atoms with Gasteiger partial charge >= 0.3 is 12.1 Å². The SMILES string of the molecule is O=C1Nc2ccc(Cl)cc2[C@@]2(CCN(C(=O)[C@H](Cc3ccccc3)Nc3ncc(C(=O)O)cc3F)C2)O1. The average Bonchev–Trinajstić information content (AvgIpc) is 3.29. The third-order valence-corrected chi connectivity index (χ3v) is 6.76. The number of carboxylic acids is 1. The maximum Gasteiger partial charge on any atom is 0.412 e. The lowest BCUT2D eigenvalue weighted by Gasteiger charge is -2.35. The molecule has 1 saturated heterocycles.